The van der Waals surface area contributed by atoms with E-state index in [1.54, 1.807) is 0 Å². The Morgan fingerprint density at radius 3 is 2.17 bits per heavy atom. The van der Waals surface area contributed by atoms with Gasteiger partial charge in [-0.15, -0.1) is 0 Å². The van der Waals surface area contributed by atoms with Crippen LogP contribution in [0.1, 0.15) is 0 Å². The Morgan fingerprint density at radius 2 is 1.61 bits per heavy atom. The fourth-order valence-corrected chi connectivity index (χ4v) is 2.77. The molecule has 23 heavy (non-hydrogen) atoms. The topological polar surface area (TPSA) is 30.7 Å². The van der Waals surface area contributed by atoms with Crippen molar-refractivity contribution < 1.29 is 13.2 Å². The monoisotopic (exact) mass is 377 g/mol. The van der Waals surface area contributed by atoms with Crippen molar-refractivity contribution >= 4 is 34.8 Å². The van der Waals surface area contributed by atoms with Crippen LogP contribution in [0.25, 0.3) is 16.9 Å². The van der Waals surface area contributed by atoms with Gasteiger partial charge in [0.1, 0.15) is 16.7 Å². The van der Waals surface area contributed by atoms with E-state index in [0.29, 0.717) is 17.7 Å². The minimum atomic E-state index is -1.15. The first kappa shape index (κ1) is 16.1. The predicted molar refractivity (Wildman–Crippen MR) is 81.7 cm³/mol. The van der Waals surface area contributed by atoms with Gasteiger partial charge in [0.25, 0.3) is 0 Å². The summed E-state index contributed by atoms with van der Waals surface area (Å²) >= 11 is 17.7. The fourth-order valence-electron chi connectivity index (χ4n) is 2.08. The van der Waals surface area contributed by atoms with Crippen molar-refractivity contribution in [1.29, 1.82) is 0 Å². The minimum Gasteiger partial charge on any atom is -0.276 e. The van der Waals surface area contributed by atoms with Crippen LogP contribution in [0.15, 0.2) is 30.5 Å². The summed E-state index contributed by atoms with van der Waals surface area (Å²) in [7, 11) is 0. The van der Waals surface area contributed by atoms with E-state index in [9.17, 15) is 13.2 Å². The third kappa shape index (κ3) is 2.89. The number of rotatable bonds is 2. The first-order valence-corrected chi connectivity index (χ1v) is 7.22. The molecule has 3 rings (SSSR count). The highest BCUT2D eigenvalue weighted by atomic mass is 35.5. The largest absolute Gasteiger partial charge is 0.276 e. The van der Waals surface area contributed by atoms with E-state index in [4.69, 9.17) is 34.8 Å². The maximum absolute atomic E-state index is 14.1. The van der Waals surface area contributed by atoms with Crippen LogP contribution in [0.4, 0.5) is 13.2 Å². The highest BCUT2D eigenvalue weighted by Gasteiger charge is 2.23. The average molecular weight is 379 g/mol. The van der Waals surface area contributed by atoms with Crippen LogP contribution in [0.2, 0.25) is 15.6 Å². The standard InChI is InChI=1S/C14H5Cl3F3N3/c15-10-2-1-6(5-21-10)11-13(16)22-14(17)23(11)12-8(19)3-7(18)4-9(12)20/h1-5H. The first-order chi connectivity index (χ1) is 10.9. The SMILES string of the molecule is Fc1cc(F)c(-n2c(Cl)nc(Cl)c2-c2ccc(Cl)nc2)c(F)c1. The average Bonchev–Trinajstić information content (AvgIpc) is 2.74. The van der Waals surface area contributed by atoms with E-state index in [1.165, 1.54) is 18.3 Å². The number of imidazole rings is 1. The number of aromatic nitrogens is 3. The Labute approximate surface area is 143 Å². The number of halogens is 6. The number of benzene rings is 1. The van der Waals surface area contributed by atoms with Crippen LogP contribution in [0.3, 0.4) is 0 Å². The molecule has 0 unspecified atom stereocenters. The van der Waals surface area contributed by atoms with E-state index in [-0.39, 0.29) is 21.3 Å². The molecule has 0 atom stereocenters. The van der Waals surface area contributed by atoms with Crippen molar-refractivity contribution in [3.8, 4) is 16.9 Å². The van der Waals surface area contributed by atoms with Crippen LogP contribution in [-0.2, 0) is 0 Å². The highest BCUT2D eigenvalue weighted by molar-refractivity contribution is 6.34. The second-order valence-corrected chi connectivity index (χ2v) is 5.53. The molecule has 0 aliphatic carbocycles. The lowest BCUT2D eigenvalue weighted by molar-refractivity contribution is 0.534. The van der Waals surface area contributed by atoms with Gasteiger partial charge in [-0.05, 0) is 23.7 Å². The van der Waals surface area contributed by atoms with Gasteiger partial charge in [0.2, 0.25) is 5.28 Å². The molecule has 0 saturated carbocycles. The van der Waals surface area contributed by atoms with Crippen molar-refractivity contribution in [3.05, 3.63) is 63.5 Å². The first-order valence-electron chi connectivity index (χ1n) is 6.09. The van der Waals surface area contributed by atoms with Crippen molar-refractivity contribution in [1.82, 2.24) is 14.5 Å². The molecule has 2 heterocycles. The summed E-state index contributed by atoms with van der Waals surface area (Å²) in [6, 6.07) is 4.07. The molecule has 3 nitrogen and oxygen atoms in total. The van der Waals surface area contributed by atoms with Gasteiger partial charge in [-0.1, -0.05) is 23.2 Å². The van der Waals surface area contributed by atoms with E-state index in [1.807, 2.05) is 0 Å². The molecule has 0 amide bonds. The molecule has 118 valence electrons. The Bertz CT molecular complexity index is 871. The van der Waals surface area contributed by atoms with Gasteiger partial charge in [0, 0.05) is 23.9 Å². The number of hydrogen-bond donors (Lipinski definition) is 0. The minimum absolute atomic E-state index is 0.0951. The molecule has 0 aliphatic rings. The Kier molecular flexibility index (Phi) is 4.23. The molecule has 0 fully saturated rings. The predicted octanol–water partition coefficient (Wildman–Crippen LogP) is 5.31. The lowest BCUT2D eigenvalue weighted by Gasteiger charge is -2.12. The van der Waals surface area contributed by atoms with Crippen LogP contribution >= 0.6 is 34.8 Å². The van der Waals surface area contributed by atoms with Crippen LogP contribution < -0.4 is 0 Å². The summed E-state index contributed by atoms with van der Waals surface area (Å²) in [5.74, 6) is -3.36. The zero-order chi connectivity index (χ0) is 16.7. The van der Waals surface area contributed by atoms with Crippen molar-refractivity contribution in [2.24, 2.45) is 0 Å². The second kappa shape index (κ2) is 6.03. The van der Waals surface area contributed by atoms with Gasteiger partial charge in [0.05, 0.1) is 5.69 Å². The zero-order valence-corrected chi connectivity index (χ0v) is 13.3. The van der Waals surface area contributed by atoms with Crippen LogP contribution in [0.5, 0.6) is 0 Å². The molecule has 0 aliphatic heterocycles. The summed E-state index contributed by atoms with van der Waals surface area (Å²) in [5, 5.41) is -0.159. The van der Waals surface area contributed by atoms with Crippen molar-refractivity contribution in [2.75, 3.05) is 0 Å². The van der Waals surface area contributed by atoms with E-state index in [2.05, 4.69) is 9.97 Å². The molecular formula is C14H5Cl3F3N3. The van der Waals surface area contributed by atoms with Crippen molar-refractivity contribution in [2.45, 2.75) is 0 Å². The molecule has 0 spiro atoms. The van der Waals surface area contributed by atoms with Gasteiger partial charge in [-0.2, -0.15) is 0 Å². The summed E-state index contributed by atoms with van der Waals surface area (Å²) in [5.41, 5.74) is -0.118. The maximum Gasteiger partial charge on any atom is 0.209 e. The fraction of sp³-hybridized carbons (Fsp3) is 0. The summed E-state index contributed by atoms with van der Waals surface area (Å²) in [6.07, 6.45) is 1.34. The molecular weight excluding hydrogens is 374 g/mol. The zero-order valence-electron chi connectivity index (χ0n) is 11.0. The van der Waals surface area contributed by atoms with Crippen LogP contribution in [0, 0.1) is 17.5 Å². The molecule has 0 N–H and O–H groups in total. The molecule has 0 radical (unpaired) electrons. The van der Waals surface area contributed by atoms with E-state index < -0.39 is 23.1 Å². The Hall–Kier alpha value is -1.76. The second-order valence-electron chi connectivity index (χ2n) is 4.44. The number of pyridine rings is 1. The molecule has 2 aromatic heterocycles. The number of nitrogens with zero attached hydrogens (tertiary/aromatic N) is 3. The molecule has 0 bridgehead atoms. The molecule has 3 aromatic rings. The normalized spacial score (nSPS) is 11.0. The van der Waals surface area contributed by atoms with Crippen LogP contribution in [-0.4, -0.2) is 14.5 Å². The molecule has 9 heteroatoms. The smallest absolute Gasteiger partial charge is 0.209 e. The Balaban J connectivity index is 2.32. The summed E-state index contributed by atoms with van der Waals surface area (Å²) in [6.45, 7) is 0. The molecule has 1 aromatic carbocycles. The quantitative estimate of drug-likeness (QED) is 0.566. The van der Waals surface area contributed by atoms with E-state index in [0.717, 1.165) is 4.57 Å². The summed E-state index contributed by atoms with van der Waals surface area (Å²) < 4.78 is 42.2. The molecule has 0 saturated heterocycles. The number of hydrogen-bond acceptors (Lipinski definition) is 2. The van der Waals surface area contributed by atoms with Gasteiger partial charge < -0.3 is 0 Å². The Morgan fingerprint density at radius 1 is 0.957 bits per heavy atom. The van der Waals surface area contributed by atoms with E-state index >= 15 is 0 Å². The summed E-state index contributed by atoms with van der Waals surface area (Å²) in [4.78, 5) is 7.67. The van der Waals surface area contributed by atoms with Gasteiger partial charge in [0.15, 0.2) is 16.8 Å². The third-order valence-corrected chi connectivity index (χ3v) is 3.74. The lowest BCUT2D eigenvalue weighted by atomic mass is 10.2. The highest BCUT2D eigenvalue weighted by Crippen LogP contribution is 2.35. The van der Waals surface area contributed by atoms with Gasteiger partial charge >= 0.3 is 0 Å². The lowest BCUT2D eigenvalue weighted by Crippen LogP contribution is -2.05. The van der Waals surface area contributed by atoms with Gasteiger partial charge in [-0.25, -0.2) is 23.1 Å². The maximum atomic E-state index is 14.1. The van der Waals surface area contributed by atoms with Crippen molar-refractivity contribution in [3.63, 3.8) is 0 Å². The third-order valence-electron chi connectivity index (χ3n) is 3.00. The van der Waals surface area contributed by atoms with Gasteiger partial charge in [-0.3, -0.25) is 4.57 Å².